The lowest BCUT2D eigenvalue weighted by Crippen LogP contribution is -2.43. The third-order valence-electron chi connectivity index (χ3n) is 2.71. The van der Waals surface area contributed by atoms with E-state index >= 15 is 0 Å². The summed E-state index contributed by atoms with van der Waals surface area (Å²) in [6.07, 6.45) is -4.48. The number of hydrogen-bond donors (Lipinski definition) is 0. The minimum absolute atomic E-state index is 0.0171. The summed E-state index contributed by atoms with van der Waals surface area (Å²) in [6.45, 7) is 3.93. The van der Waals surface area contributed by atoms with Crippen LogP contribution >= 0.6 is 11.6 Å². The van der Waals surface area contributed by atoms with E-state index in [1.807, 2.05) is 0 Å². The van der Waals surface area contributed by atoms with Crippen molar-refractivity contribution in [1.29, 1.82) is 0 Å². The van der Waals surface area contributed by atoms with Gasteiger partial charge in [-0.3, -0.25) is 4.79 Å². The third kappa shape index (κ3) is 5.75. The van der Waals surface area contributed by atoms with Crippen LogP contribution in [-0.2, 0) is 0 Å². The maximum absolute atomic E-state index is 12.8. The van der Waals surface area contributed by atoms with Gasteiger partial charge in [-0.15, -0.1) is 0 Å². The monoisotopic (exact) mass is 337 g/mol. The molecule has 0 N–H and O–H groups in total. The lowest BCUT2D eigenvalue weighted by molar-refractivity contribution is -0.142. The number of nitrogens with zero attached hydrogens (tertiary/aromatic N) is 1. The number of halogens is 4. The van der Waals surface area contributed by atoms with Crippen molar-refractivity contribution in [1.82, 2.24) is 4.90 Å². The Balaban J connectivity index is 3.18. The van der Waals surface area contributed by atoms with Crippen molar-refractivity contribution >= 4 is 17.5 Å². The van der Waals surface area contributed by atoms with Gasteiger partial charge in [0.25, 0.3) is 5.91 Å². The lowest BCUT2D eigenvalue weighted by atomic mass is 9.95. The van der Waals surface area contributed by atoms with Gasteiger partial charge in [0, 0.05) is 11.6 Å². The first-order valence-electron chi connectivity index (χ1n) is 6.62. The van der Waals surface area contributed by atoms with Gasteiger partial charge in [-0.1, -0.05) is 32.4 Å². The van der Waals surface area contributed by atoms with Crippen molar-refractivity contribution in [2.75, 3.05) is 20.2 Å². The summed E-state index contributed by atoms with van der Waals surface area (Å²) in [5.74, 6) is -0.568. The summed E-state index contributed by atoms with van der Waals surface area (Å²) >= 11 is 5.84. The van der Waals surface area contributed by atoms with Crippen molar-refractivity contribution in [3.05, 3.63) is 28.8 Å². The normalized spacial score (nSPS) is 12.2. The summed E-state index contributed by atoms with van der Waals surface area (Å²) in [5.41, 5.74) is -0.462. The van der Waals surface area contributed by atoms with Crippen molar-refractivity contribution in [2.24, 2.45) is 5.41 Å². The van der Waals surface area contributed by atoms with Gasteiger partial charge in [-0.05, 0) is 23.6 Å². The highest BCUT2D eigenvalue weighted by Crippen LogP contribution is 2.28. The van der Waals surface area contributed by atoms with Gasteiger partial charge in [0.2, 0.25) is 0 Å². The van der Waals surface area contributed by atoms with E-state index in [4.69, 9.17) is 16.3 Å². The molecule has 0 bridgehead atoms. The van der Waals surface area contributed by atoms with Gasteiger partial charge in [0.05, 0.1) is 12.7 Å². The predicted octanol–water partition coefficient (Wildman–Crippen LogP) is 4.40. The van der Waals surface area contributed by atoms with Gasteiger partial charge in [-0.25, -0.2) is 0 Å². The number of amides is 1. The molecule has 1 aromatic rings. The molecule has 0 unspecified atom stereocenters. The number of benzene rings is 1. The van der Waals surface area contributed by atoms with Gasteiger partial charge >= 0.3 is 6.18 Å². The van der Waals surface area contributed by atoms with Gasteiger partial charge in [-0.2, -0.15) is 13.2 Å². The van der Waals surface area contributed by atoms with Crippen LogP contribution < -0.4 is 4.74 Å². The van der Waals surface area contributed by atoms with Crippen LogP contribution in [0.15, 0.2) is 18.2 Å². The van der Waals surface area contributed by atoms with Crippen LogP contribution in [0.25, 0.3) is 0 Å². The molecular formula is C15H19ClF3NO2. The van der Waals surface area contributed by atoms with E-state index in [0.717, 1.165) is 4.90 Å². The van der Waals surface area contributed by atoms with Crippen LogP contribution in [-0.4, -0.2) is 37.2 Å². The Bertz CT molecular complexity index is 523. The molecule has 7 heteroatoms. The van der Waals surface area contributed by atoms with E-state index < -0.39 is 24.0 Å². The first-order valence-corrected chi connectivity index (χ1v) is 7.00. The molecule has 0 heterocycles. The van der Waals surface area contributed by atoms with E-state index in [9.17, 15) is 18.0 Å². The number of hydrogen-bond acceptors (Lipinski definition) is 2. The van der Waals surface area contributed by atoms with E-state index in [-0.39, 0.29) is 22.9 Å². The van der Waals surface area contributed by atoms with Crippen LogP contribution in [0.3, 0.4) is 0 Å². The topological polar surface area (TPSA) is 29.5 Å². The maximum atomic E-state index is 12.8. The maximum Gasteiger partial charge on any atom is 0.406 e. The summed E-state index contributed by atoms with van der Waals surface area (Å²) < 4.78 is 43.3. The van der Waals surface area contributed by atoms with Crippen LogP contribution in [0.1, 0.15) is 31.1 Å². The molecule has 0 aliphatic rings. The van der Waals surface area contributed by atoms with Gasteiger partial charge in [0.15, 0.2) is 0 Å². The molecule has 0 aliphatic carbocycles. The number of ether oxygens (including phenoxy) is 1. The first-order chi connectivity index (χ1) is 9.93. The minimum Gasteiger partial charge on any atom is -0.496 e. The highest BCUT2D eigenvalue weighted by Gasteiger charge is 2.35. The Morgan fingerprint density at radius 3 is 2.27 bits per heavy atom. The Morgan fingerprint density at radius 1 is 1.23 bits per heavy atom. The molecule has 0 spiro atoms. The summed E-state index contributed by atoms with van der Waals surface area (Å²) in [7, 11) is 1.35. The zero-order valence-electron chi connectivity index (χ0n) is 12.9. The number of methoxy groups -OCH3 is 1. The molecule has 0 fully saturated rings. The zero-order chi connectivity index (χ0) is 17.1. The second kappa shape index (κ2) is 6.77. The van der Waals surface area contributed by atoms with Crippen molar-refractivity contribution in [3.63, 3.8) is 0 Å². The molecule has 0 saturated heterocycles. The number of rotatable bonds is 4. The minimum atomic E-state index is -4.48. The molecule has 0 radical (unpaired) electrons. The second-order valence-electron chi connectivity index (χ2n) is 6.18. The van der Waals surface area contributed by atoms with Crippen molar-refractivity contribution in [2.45, 2.75) is 26.9 Å². The van der Waals surface area contributed by atoms with Crippen molar-refractivity contribution < 1.29 is 22.7 Å². The Hall–Kier alpha value is -1.43. The standard InChI is InChI=1S/C15H19ClF3NO2/c1-14(2,3)8-20(9-15(17,18)19)13(21)11-7-10(16)5-6-12(11)22-4/h5-7H,8-9H2,1-4H3. The van der Waals surface area contributed by atoms with Crippen LogP contribution in [0.4, 0.5) is 13.2 Å². The van der Waals surface area contributed by atoms with Crippen LogP contribution in [0.5, 0.6) is 5.75 Å². The molecule has 1 rings (SSSR count). The quantitative estimate of drug-likeness (QED) is 0.815. The summed E-state index contributed by atoms with van der Waals surface area (Å²) in [6, 6.07) is 4.28. The van der Waals surface area contributed by atoms with E-state index in [1.165, 1.54) is 25.3 Å². The average Bonchev–Trinajstić information content (AvgIpc) is 2.33. The largest absolute Gasteiger partial charge is 0.496 e. The lowest BCUT2D eigenvalue weighted by Gasteiger charge is -2.31. The molecule has 3 nitrogen and oxygen atoms in total. The highest BCUT2D eigenvalue weighted by atomic mass is 35.5. The molecule has 124 valence electrons. The molecule has 22 heavy (non-hydrogen) atoms. The molecule has 0 atom stereocenters. The SMILES string of the molecule is COc1ccc(Cl)cc1C(=O)N(CC(C)(C)C)CC(F)(F)F. The number of carbonyl (C=O) groups excluding carboxylic acids is 1. The van der Waals surface area contributed by atoms with Crippen molar-refractivity contribution in [3.8, 4) is 5.75 Å². The third-order valence-corrected chi connectivity index (χ3v) is 2.95. The zero-order valence-corrected chi connectivity index (χ0v) is 13.7. The fraction of sp³-hybridized carbons (Fsp3) is 0.533. The van der Waals surface area contributed by atoms with E-state index in [1.54, 1.807) is 20.8 Å². The average molecular weight is 338 g/mol. The highest BCUT2D eigenvalue weighted by molar-refractivity contribution is 6.31. The second-order valence-corrected chi connectivity index (χ2v) is 6.62. The molecule has 0 aliphatic heterocycles. The first kappa shape index (κ1) is 18.6. The van der Waals surface area contributed by atoms with Crippen LogP contribution in [0.2, 0.25) is 5.02 Å². The predicted molar refractivity (Wildman–Crippen MR) is 79.4 cm³/mol. The Kier molecular flexibility index (Phi) is 5.73. The smallest absolute Gasteiger partial charge is 0.406 e. The van der Waals surface area contributed by atoms with Gasteiger partial charge in [0.1, 0.15) is 12.3 Å². The fourth-order valence-electron chi connectivity index (χ4n) is 2.01. The summed E-state index contributed by atoms with van der Waals surface area (Å²) in [5, 5.41) is 0.256. The molecule has 1 amide bonds. The Morgan fingerprint density at radius 2 is 1.82 bits per heavy atom. The fourth-order valence-corrected chi connectivity index (χ4v) is 2.18. The summed E-state index contributed by atoms with van der Waals surface area (Å²) in [4.78, 5) is 13.3. The van der Waals surface area contributed by atoms with E-state index in [0.29, 0.717) is 0 Å². The van der Waals surface area contributed by atoms with Gasteiger partial charge < -0.3 is 9.64 Å². The molecule has 0 saturated carbocycles. The molecular weight excluding hydrogens is 319 g/mol. The Labute approximate surface area is 133 Å². The van der Waals surface area contributed by atoms with E-state index in [2.05, 4.69) is 0 Å². The van der Waals surface area contributed by atoms with Crippen LogP contribution in [0, 0.1) is 5.41 Å². The number of carbonyl (C=O) groups is 1. The number of alkyl halides is 3. The molecule has 0 aromatic heterocycles. The molecule has 1 aromatic carbocycles.